The van der Waals surface area contributed by atoms with Gasteiger partial charge in [0, 0.05) is 6.42 Å². The van der Waals surface area contributed by atoms with Gasteiger partial charge in [-0.25, -0.2) is 4.68 Å². The van der Waals surface area contributed by atoms with Gasteiger partial charge in [0.2, 0.25) is 4.77 Å². The number of nitrogens with zero attached hydrogens (tertiary/aromatic N) is 2. The van der Waals surface area contributed by atoms with Crippen molar-refractivity contribution in [2.24, 2.45) is 0 Å². The van der Waals surface area contributed by atoms with Crippen LogP contribution in [-0.4, -0.2) is 21.5 Å². The standard InChI is InChI=1S/C21H25BrN4O2S/c1-4-19-24-25-21(29)26(19)23-12-16-10-17(22)20(18(11-16)27-5-2)28-13-15-8-6-14(3)7-9-15/h6-11,23H,4-5,12-13H2,1-3H3,(H,25,29). The Morgan fingerprint density at radius 2 is 1.90 bits per heavy atom. The number of H-pyrrole nitrogens is 1. The first kappa shape index (κ1) is 21.4. The van der Waals surface area contributed by atoms with E-state index in [1.54, 1.807) is 4.68 Å². The first-order valence-corrected chi connectivity index (χ1v) is 10.8. The van der Waals surface area contributed by atoms with Crippen LogP contribution in [0.5, 0.6) is 11.5 Å². The Morgan fingerprint density at radius 3 is 2.59 bits per heavy atom. The molecule has 0 aliphatic rings. The molecule has 3 rings (SSSR count). The fourth-order valence-corrected chi connectivity index (χ4v) is 3.69. The van der Waals surface area contributed by atoms with Crippen molar-refractivity contribution >= 4 is 28.1 Å². The van der Waals surface area contributed by atoms with Crippen LogP contribution < -0.4 is 14.9 Å². The molecule has 6 nitrogen and oxygen atoms in total. The third-order valence-electron chi connectivity index (χ3n) is 4.37. The predicted molar refractivity (Wildman–Crippen MR) is 121 cm³/mol. The van der Waals surface area contributed by atoms with Gasteiger partial charge in [0.15, 0.2) is 17.3 Å². The quantitative estimate of drug-likeness (QED) is 0.410. The summed E-state index contributed by atoms with van der Waals surface area (Å²) in [6.07, 6.45) is 0.778. The van der Waals surface area contributed by atoms with E-state index in [9.17, 15) is 0 Å². The van der Waals surface area contributed by atoms with E-state index in [1.165, 1.54) is 5.56 Å². The molecule has 1 aromatic heterocycles. The van der Waals surface area contributed by atoms with Crippen LogP contribution in [0.15, 0.2) is 40.9 Å². The van der Waals surface area contributed by atoms with Crippen molar-refractivity contribution in [3.8, 4) is 11.5 Å². The molecule has 29 heavy (non-hydrogen) atoms. The summed E-state index contributed by atoms with van der Waals surface area (Å²) < 4.78 is 15.1. The van der Waals surface area contributed by atoms with E-state index in [2.05, 4.69) is 62.7 Å². The van der Waals surface area contributed by atoms with Gasteiger partial charge in [-0.3, -0.25) is 5.10 Å². The fraction of sp³-hybridized carbons (Fsp3) is 0.333. The molecule has 0 radical (unpaired) electrons. The Kier molecular flexibility index (Phi) is 7.33. The Bertz CT molecular complexity index is 1010. The minimum atomic E-state index is 0.473. The maximum absolute atomic E-state index is 6.08. The molecule has 154 valence electrons. The van der Waals surface area contributed by atoms with Gasteiger partial charge >= 0.3 is 0 Å². The molecule has 0 saturated carbocycles. The lowest BCUT2D eigenvalue weighted by Gasteiger charge is -2.16. The van der Waals surface area contributed by atoms with E-state index < -0.39 is 0 Å². The van der Waals surface area contributed by atoms with Crippen LogP contribution in [0.1, 0.15) is 36.4 Å². The minimum absolute atomic E-state index is 0.473. The molecule has 8 heteroatoms. The van der Waals surface area contributed by atoms with Crippen LogP contribution in [-0.2, 0) is 19.6 Å². The van der Waals surface area contributed by atoms with Gasteiger partial charge in [-0.1, -0.05) is 36.8 Å². The second kappa shape index (κ2) is 9.93. The number of halogens is 1. The molecule has 2 N–H and O–H groups in total. The highest BCUT2D eigenvalue weighted by Crippen LogP contribution is 2.37. The lowest BCUT2D eigenvalue weighted by Crippen LogP contribution is -2.17. The van der Waals surface area contributed by atoms with Gasteiger partial charge in [-0.15, -0.1) is 0 Å². The maximum Gasteiger partial charge on any atom is 0.214 e. The van der Waals surface area contributed by atoms with Crippen molar-refractivity contribution in [3.63, 3.8) is 0 Å². The molecular weight excluding hydrogens is 452 g/mol. The summed E-state index contributed by atoms with van der Waals surface area (Å²) >= 11 is 8.92. The second-order valence-corrected chi connectivity index (χ2v) is 7.82. The van der Waals surface area contributed by atoms with Crippen molar-refractivity contribution < 1.29 is 9.47 Å². The number of nitrogens with one attached hydrogen (secondary N) is 2. The average molecular weight is 477 g/mol. The van der Waals surface area contributed by atoms with Gasteiger partial charge in [0.25, 0.3) is 0 Å². The van der Waals surface area contributed by atoms with E-state index >= 15 is 0 Å². The summed E-state index contributed by atoms with van der Waals surface area (Å²) in [4.78, 5) is 0. The Morgan fingerprint density at radius 1 is 1.14 bits per heavy atom. The highest BCUT2D eigenvalue weighted by Gasteiger charge is 2.13. The van der Waals surface area contributed by atoms with Gasteiger partial charge in [0.05, 0.1) is 17.6 Å². The number of ether oxygens (including phenoxy) is 2. The van der Waals surface area contributed by atoms with E-state index in [0.29, 0.717) is 36.0 Å². The maximum atomic E-state index is 6.08. The second-order valence-electron chi connectivity index (χ2n) is 6.58. The molecular formula is C21H25BrN4O2S. The Labute approximate surface area is 184 Å². The topological polar surface area (TPSA) is 64.1 Å². The number of benzene rings is 2. The largest absolute Gasteiger partial charge is 0.490 e. The number of hydrogen-bond acceptors (Lipinski definition) is 5. The highest BCUT2D eigenvalue weighted by atomic mass is 79.9. The van der Waals surface area contributed by atoms with Crippen molar-refractivity contribution in [3.05, 3.63) is 68.2 Å². The van der Waals surface area contributed by atoms with Gasteiger partial charge in [0.1, 0.15) is 6.61 Å². The third kappa shape index (κ3) is 5.39. The zero-order valence-electron chi connectivity index (χ0n) is 16.8. The summed E-state index contributed by atoms with van der Waals surface area (Å²) in [5.74, 6) is 2.26. The predicted octanol–water partition coefficient (Wildman–Crippen LogP) is 5.30. The van der Waals surface area contributed by atoms with E-state index in [0.717, 1.165) is 27.8 Å². The normalized spacial score (nSPS) is 10.8. The van der Waals surface area contributed by atoms with Crippen molar-refractivity contribution in [1.82, 2.24) is 14.9 Å². The highest BCUT2D eigenvalue weighted by molar-refractivity contribution is 9.10. The fourth-order valence-electron chi connectivity index (χ4n) is 2.87. The van der Waals surface area contributed by atoms with E-state index in [1.807, 2.05) is 26.0 Å². The van der Waals surface area contributed by atoms with Crippen molar-refractivity contribution in [1.29, 1.82) is 0 Å². The molecule has 0 bridgehead atoms. The smallest absolute Gasteiger partial charge is 0.214 e. The Hall–Kier alpha value is -2.32. The van der Waals surface area contributed by atoms with Crippen molar-refractivity contribution in [2.45, 2.75) is 40.3 Å². The molecule has 0 saturated heterocycles. The van der Waals surface area contributed by atoms with Crippen LogP contribution in [0.3, 0.4) is 0 Å². The monoisotopic (exact) mass is 476 g/mol. The number of aromatic amines is 1. The van der Waals surface area contributed by atoms with Crippen LogP contribution in [0.4, 0.5) is 0 Å². The van der Waals surface area contributed by atoms with Crippen LogP contribution in [0, 0.1) is 11.7 Å². The molecule has 1 heterocycles. The molecule has 0 aliphatic heterocycles. The minimum Gasteiger partial charge on any atom is -0.490 e. The van der Waals surface area contributed by atoms with E-state index in [-0.39, 0.29) is 0 Å². The molecule has 0 atom stereocenters. The van der Waals surface area contributed by atoms with Crippen molar-refractivity contribution in [2.75, 3.05) is 12.0 Å². The number of hydrogen-bond donors (Lipinski definition) is 2. The summed E-state index contributed by atoms with van der Waals surface area (Å²) in [7, 11) is 0. The van der Waals surface area contributed by atoms with Gasteiger partial charge in [-0.2, -0.15) is 5.10 Å². The van der Waals surface area contributed by atoms with E-state index in [4.69, 9.17) is 21.7 Å². The van der Waals surface area contributed by atoms with Crippen LogP contribution >= 0.6 is 28.1 Å². The molecule has 0 unspecified atom stereocenters. The first-order chi connectivity index (χ1) is 14.0. The third-order valence-corrected chi connectivity index (χ3v) is 5.24. The zero-order chi connectivity index (χ0) is 20.8. The molecule has 0 spiro atoms. The van der Waals surface area contributed by atoms with Gasteiger partial charge in [-0.05, 0) is 65.3 Å². The SMILES string of the molecule is CCOc1cc(CNn2c(CC)n[nH]c2=S)cc(Br)c1OCc1ccc(C)cc1. The van der Waals surface area contributed by atoms with Crippen LogP contribution in [0.25, 0.3) is 0 Å². The lowest BCUT2D eigenvalue weighted by molar-refractivity contribution is 0.267. The first-order valence-electron chi connectivity index (χ1n) is 9.55. The molecule has 0 amide bonds. The molecule has 0 fully saturated rings. The van der Waals surface area contributed by atoms with Crippen LogP contribution in [0.2, 0.25) is 0 Å². The number of aromatic nitrogens is 3. The number of rotatable bonds is 9. The summed E-state index contributed by atoms with van der Waals surface area (Å²) in [5, 5.41) is 7.02. The lowest BCUT2D eigenvalue weighted by atomic mass is 10.1. The number of aryl methyl sites for hydroxylation is 2. The average Bonchev–Trinajstić information content (AvgIpc) is 3.07. The zero-order valence-corrected chi connectivity index (χ0v) is 19.2. The summed E-state index contributed by atoms with van der Waals surface area (Å²) in [6, 6.07) is 12.3. The summed E-state index contributed by atoms with van der Waals surface area (Å²) in [5.41, 5.74) is 6.68. The Balaban J connectivity index is 1.77. The molecule has 2 aromatic carbocycles. The van der Waals surface area contributed by atoms with Gasteiger partial charge < -0.3 is 14.9 Å². The summed E-state index contributed by atoms with van der Waals surface area (Å²) in [6.45, 7) is 7.66. The molecule has 0 aliphatic carbocycles. The molecule has 3 aromatic rings.